The summed E-state index contributed by atoms with van der Waals surface area (Å²) in [4.78, 5) is 8.78. The molecule has 2 rings (SSSR count). The second-order valence-electron chi connectivity index (χ2n) is 5.50. The third-order valence-corrected chi connectivity index (χ3v) is 3.37. The molecule has 1 heterocycles. The summed E-state index contributed by atoms with van der Waals surface area (Å²) in [7, 11) is 0. The van der Waals surface area contributed by atoms with Crippen LogP contribution in [0.3, 0.4) is 0 Å². The quantitative estimate of drug-likeness (QED) is 0.811. The first kappa shape index (κ1) is 13.1. The lowest BCUT2D eigenvalue weighted by Gasteiger charge is -2.13. The predicted molar refractivity (Wildman–Crippen MR) is 75.9 cm³/mol. The van der Waals surface area contributed by atoms with E-state index in [9.17, 15) is 0 Å². The number of nitrogens with zero attached hydrogens (tertiary/aromatic N) is 2. The van der Waals surface area contributed by atoms with Crippen molar-refractivity contribution in [3.05, 3.63) is 12.3 Å². The highest BCUT2D eigenvalue weighted by molar-refractivity contribution is 5.39. The Labute approximate surface area is 110 Å². The maximum absolute atomic E-state index is 4.50. The van der Waals surface area contributed by atoms with Gasteiger partial charge in [-0.1, -0.05) is 26.7 Å². The van der Waals surface area contributed by atoms with Crippen molar-refractivity contribution >= 4 is 11.8 Å². The predicted octanol–water partition coefficient (Wildman–Crippen LogP) is 3.29. The van der Waals surface area contributed by atoms with E-state index in [0.717, 1.165) is 30.6 Å². The van der Waals surface area contributed by atoms with Crippen LogP contribution < -0.4 is 10.6 Å². The van der Waals surface area contributed by atoms with Crippen molar-refractivity contribution in [2.45, 2.75) is 52.0 Å². The average molecular weight is 248 g/mol. The third kappa shape index (κ3) is 4.17. The summed E-state index contributed by atoms with van der Waals surface area (Å²) in [6, 6.07) is 2.50. The Morgan fingerprint density at radius 2 is 2.11 bits per heavy atom. The molecule has 1 aliphatic carbocycles. The van der Waals surface area contributed by atoms with Crippen molar-refractivity contribution in [2.24, 2.45) is 5.92 Å². The van der Waals surface area contributed by atoms with Crippen LogP contribution in [0.25, 0.3) is 0 Å². The van der Waals surface area contributed by atoms with Gasteiger partial charge in [-0.3, -0.25) is 0 Å². The monoisotopic (exact) mass is 248 g/mol. The van der Waals surface area contributed by atoms with Gasteiger partial charge in [-0.15, -0.1) is 0 Å². The summed E-state index contributed by atoms with van der Waals surface area (Å²) >= 11 is 0. The van der Waals surface area contributed by atoms with E-state index in [-0.39, 0.29) is 0 Å². The fraction of sp³-hybridized carbons (Fsp3) is 0.714. The molecule has 4 heteroatoms. The normalized spacial score (nSPS) is 16.2. The Bertz CT molecular complexity index is 359. The van der Waals surface area contributed by atoms with E-state index in [4.69, 9.17) is 0 Å². The minimum absolute atomic E-state index is 0.566. The van der Waals surface area contributed by atoms with Crippen LogP contribution in [0.4, 0.5) is 11.8 Å². The van der Waals surface area contributed by atoms with Gasteiger partial charge >= 0.3 is 0 Å². The Kier molecular flexibility index (Phi) is 4.79. The van der Waals surface area contributed by atoms with E-state index < -0.39 is 0 Å². The summed E-state index contributed by atoms with van der Waals surface area (Å²) < 4.78 is 0. The van der Waals surface area contributed by atoms with E-state index in [2.05, 4.69) is 34.4 Å². The van der Waals surface area contributed by atoms with E-state index >= 15 is 0 Å². The summed E-state index contributed by atoms with van der Waals surface area (Å²) in [5.74, 6) is 2.40. The lowest BCUT2D eigenvalue weighted by molar-refractivity contribution is 0.606. The van der Waals surface area contributed by atoms with Crippen LogP contribution in [0.2, 0.25) is 0 Å². The van der Waals surface area contributed by atoms with Crippen LogP contribution in [0.5, 0.6) is 0 Å². The topological polar surface area (TPSA) is 49.8 Å². The molecule has 0 amide bonds. The Morgan fingerprint density at radius 1 is 1.33 bits per heavy atom. The van der Waals surface area contributed by atoms with E-state index in [1.54, 1.807) is 0 Å². The molecule has 0 radical (unpaired) electrons. The molecule has 1 aliphatic rings. The highest BCUT2D eigenvalue weighted by atomic mass is 15.1. The number of rotatable bonds is 6. The standard InChI is InChI=1S/C14H24N4/c1-11(2)7-9-15-13-8-10-16-14(18-13)17-12-5-3-4-6-12/h8,10-12H,3-7,9H2,1-2H3,(H2,15,16,17,18). The molecule has 1 aromatic heterocycles. The minimum Gasteiger partial charge on any atom is -0.370 e. The van der Waals surface area contributed by atoms with Gasteiger partial charge in [0.15, 0.2) is 0 Å². The van der Waals surface area contributed by atoms with Gasteiger partial charge in [0.05, 0.1) is 0 Å². The highest BCUT2D eigenvalue weighted by Gasteiger charge is 2.15. The second-order valence-corrected chi connectivity index (χ2v) is 5.50. The first-order valence-electron chi connectivity index (χ1n) is 7.07. The van der Waals surface area contributed by atoms with Crippen molar-refractivity contribution in [2.75, 3.05) is 17.2 Å². The van der Waals surface area contributed by atoms with Gasteiger partial charge in [-0.05, 0) is 31.2 Å². The molecule has 2 N–H and O–H groups in total. The summed E-state index contributed by atoms with van der Waals surface area (Å²) in [6.45, 7) is 5.43. The van der Waals surface area contributed by atoms with Crippen LogP contribution in [-0.4, -0.2) is 22.6 Å². The van der Waals surface area contributed by atoms with Gasteiger partial charge in [-0.2, -0.15) is 4.98 Å². The van der Waals surface area contributed by atoms with Gasteiger partial charge in [-0.25, -0.2) is 4.98 Å². The van der Waals surface area contributed by atoms with E-state index in [1.165, 1.54) is 25.7 Å². The lowest BCUT2D eigenvalue weighted by Crippen LogP contribution is -2.17. The van der Waals surface area contributed by atoms with Crippen LogP contribution in [0.15, 0.2) is 12.3 Å². The zero-order valence-corrected chi connectivity index (χ0v) is 11.4. The Balaban J connectivity index is 1.84. The molecule has 100 valence electrons. The number of hydrogen-bond acceptors (Lipinski definition) is 4. The van der Waals surface area contributed by atoms with Crippen molar-refractivity contribution in [3.8, 4) is 0 Å². The molecular weight excluding hydrogens is 224 g/mol. The lowest BCUT2D eigenvalue weighted by atomic mass is 10.1. The zero-order valence-electron chi connectivity index (χ0n) is 11.4. The largest absolute Gasteiger partial charge is 0.370 e. The molecule has 1 fully saturated rings. The van der Waals surface area contributed by atoms with Crippen molar-refractivity contribution in [3.63, 3.8) is 0 Å². The molecule has 0 aromatic carbocycles. The van der Waals surface area contributed by atoms with Crippen LogP contribution in [0, 0.1) is 5.92 Å². The van der Waals surface area contributed by atoms with Gasteiger partial charge in [0.2, 0.25) is 5.95 Å². The second kappa shape index (κ2) is 6.57. The van der Waals surface area contributed by atoms with Crippen LogP contribution in [-0.2, 0) is 0 Å². The molecule has 0 unspecified atom stereocenters. The highest BCUT2D eigenvalue weighted by Crippen LogP contribution is 2.21. The van der Waals surface area contributed by atoms with Gasteiger partial charge in [0.25, 0.3) is 0 Å². The number of anilines is 2. The molecule has 1 saturated carbocycles. The third-order valence-electron chi connectivity index (χ3n) is 3.37. The molecule has 1 aromatic rings. The number of nitrogens with one attached hydrogen (secondary N) is 2. The minimum atomic E-state index is 0.566. The van der Waals surface area contributed by atoms with Crippen LogP contribution >= 0.6 is 0 Å². The fourth-order valence-corrected chi connectivity index (χ4v) is 2.27. The molecule has 0 aliphatic heterocycles. The maximum atomic E-state index is 4.50. The molecule has 18 heavy (non-hydrogen) atoms. The molecule has 4 nitrogen and oxygen atoms in total. The van der Waals surface area contributed by atoms with Gasteiger partial charge in [0, 0.05) is 18.8 Å². The molecule has 0 saturated heterocycles. The van der Waals surface area contributed by atoms with Crippen molar-refractivity contribution < 1.29 is 0 Å². The summed E-state index contributed by atoms with van der Waals surface area (Å²) in [6.07, 6.45) is 8.12. The molecular formula is C14H24N4. The molecule has 0 bridgehead atoms. The van der Waals surface area contributed by atoms with E-state index in [0.29, 0.717) is 6.04 Å². The molecule has 0 atom stereocenters. The Hall–Kier alpha value is -1.32. The van der Waals surface area contributed by atoms with Crippen molar-refractivity contribution in [1.29, 1.82) is 0 Å². The average Bonchev–Trinajstić information content (AvgIpc) is 2.82. The maximum Gasteiger partial charge on any atom is 0.224 e. The summed E-state index contributed by atoms with van der Waals surface area (Å²) in [5, 5.41) is 6.77. The first-order valence-corrected chi connectivity index (χ1v) is 7.07. The first-order chi connectivity index (χ1) is 8.74. The Morgan fingerprint density at radius 3 is 2.83 bits per heavy atom. The van der Waals surface area contributed by atoms with Crippen molar-refractivity contribution in [1.82, 2.24) is 9.97 Å². The number of hydrogen-bond donors (Lipinski definition) is 2. The van der Waals surface area contributed by atoms with E-state index in [1.807, 2.05) is 12.3 Å². The van der Waals surface area contributed by atoms with Crippen LogP contribution in [0.1, 0.15) is 46.0 Å². The smallest absolute Gasteiger partial charge is 0.224 e. The number of aromatic nitrogens is 2. The van der Waals surface area contributed by atoms with Gasteiger partial charge < -0.3 is 10.6 Å². The zero-order chi connectivity index (χ0) is 12.8. The SMILES string of the molecule is CC(C)CCNc1ccnc(NC2CCCC2)n1. The van der Waals surface area contributed by atoms with Gasteiger partial charge in [0.1, 0.15) is 5.82 Å². The fourth-order valence-electron chi connectivity index (χ4n) is 2.27. The molecule has 0 spiro atoms. The summed E-state index contributed by atoms with van der Waals surface area (Å²) in [5.41, 5.74) is 0.